The second-order valence-corrected chi connectivity index (χ2v) is 6.53. The highest BCUT2D eigenvalue weighted by atomic mass is 35.5. The molecule has 0 bridgehead atoms. The van der Waals surface area contributed by atoms with Crippen LogP contribution in [0.3, 0.4) is 0 Å². The van der Waals surface area contributed by atoms with Crippen molar-refractivity contribution in [3.8, 4) is 0 Å². The first kappa shape index (κ1) is 15.7. The van der Waals surface area contributed by atoms with Gasteiger partial charge in [0.15, 0.2) is 5.11 Å². The van der Waals surface area contributed by atoms with E-state index in [1.807, 2.05) is 0 Å². The highest BCUT2D eigenvalue weighted by Crippen LogP contribution is 2.13. The molecule has 0 fully saturated rings. The Bertz CT molecular complexity index is 719. The average Bonchev–Trinajstić information content (AvgIpc) is 2.49. The molecule has 0 radical (unpaired) electrons. The molecule has 0 aliphatic heterocycles. The van der Waals surface area contributed by atoms with E-state index in [1.54, 1.807) is 42.5 Å². The number of benzene rings is 2. The fourth-order valence-electron chi connectivity index (χ4n) is 1.47. The number of sulfonamides is 1. The highest BCUT2D eigenvalue weighted by Gasteiger charge is 2.13. The minimum Gasteiger partial charge on any atom is -0.332 e. The molecule has 0 atom stereocenters. The molecule has 0 unspecified atom stereocenters. The molecular weight excluding hydrogens is 330 g/mol. The monoisotopic (exact) mass is 341 g/mol. The summed E-state index contributed by atoms with van der Waals surface area (Å²) in [5.74, 6) is 0. The van der Waals surface area contributed by atoms with Crippen molar-refractivity contribution >= 4 is 44.6 Å². The van der Waals surface area contributed by atoms with Crippen molar-refractivity contribution in [3.05, 3.63) is 59.6 Å². The first-order valence-electron chi connectivity index (χ1n) is 5.87. The van der Waals surface area contributed by atoms with E-state index in [2.05, 4.69) is 15.6 Å². The van der Waals surface area contributed by atoms with Crippen LogP contribution < -0.4 is 15.6 Å². The van der Waals surface area contributed by atoms with Gasteiger partial charge in [-0.05, 0) is 48.6 Å². The number of rotatable bonds is 4. The van der Waals surface area contributed by atoms with Crippen molar-refractivity contribution < 1.29 is 8.42 Å². The lowest BCUT2D eigenvalue weighted by molar-refractivity contribution is 0.578. The van der Waals surface area contributed by atoms with Crippen LogP contribution in [0.1, 0.15) is 0 Å². The number of thiocarbonyl (C=S) groups is 1. The summed E-state index contributed by atoms with van der Waals surface area (Å²) in [5, 5.41) is 3.55. The van der Waals surface area contributed by atoms with Crippen molar-refractivity contribution in [2.24, 2.45) is 0 Å². The second-order valence-electron chi connectivity index (χ2n) is 4.00. The van der Waals surface area contributed by atoms with Crippen LogP contribution >= 0.6 is 23.8 Å². The molecule has 0 heterocycles. The zero-order chi connectivity index (χ0) is 15.3. The summed E-state index contributed by atoms with van der Waals surface area (Å²) in [5.41, 5.74) is 3.12. The van der Waals surface area contributed by atoms with Gasteiger partial charge in [0.05, 0.1) is 4.90 Å². The van der Waals surface area contributed by atoms with E-state index in [9.17, 15) is 8.42 Å². The summed E-state index contributed by atoms with van der Waals surface area (Å²) in [6.45, 7) is 0. The first-order valence-corrected chi connectivity index (χ1v) is 8.14. The van der Waals surface area contributed by atoms with E-state index in [0.717, 1.165) is 0 Å². The molecule has 0 aliphatic rings. The molecule has 0 amide bonds. The highest BCUT2D eigenvalue weighted by molar-refractivity contribution is 7.89. The van der Waals surface area contributed by atoms with Gasteiger partial charge in [-0.1, -0.05) is 29.8 Å². The van der Waals surface area contributed by atoms with Gasteiger partial charge < -0.3 is 5.32 Å². The molecule has 8 heteroatoms. The predicted molar refractivity (Wildman–Crippen MR) is 87.6 cm³/mol. The van der Waals surface area contributed by atoms with Gasteiger partial charge in [0, 0.05) is 10.7 Å². The molecule has 0 saturated heterocycles. The SMILES string of the molecule is O=S(=O)(NNC(=S)Nc1ccc(Cl)cc1)c1ccccc1. The van der Waals surface area contributed by atoms with Gasteiger partial charge in [-0.15, -0.1) is 4.83 Å². The van der Waals surface area contributed by atoms with Crippen LogP contribution in [0, 0.1) is 0 Å². The summed E-state index contributed by atoms with van der Waals surface area (Å²) in [6.07, 6.45) is 0. The molecule has 2 aromatic carbocycles. The van der Waals surface area contributed by atoms with Crippen LogP contribution in [-0.4, -0.2) is 13.5 Å². The molecule has 0 aromatic heterocycles. The zero-order valence-electron chi connectivity index (χ0n) is 10.7. The number of hydrazine groups is 1. The van der Waals surface area contributed by atoms with Gasteiger partial charge in [-0.25, -0.2) is 8.42 Å². The van der Waals surface area contributed by atoms with Crippen molar-refractivity contribution in [2.75, 3.05) is 5.32 Å². The number of hydrogen-bond donors (Lipinski definition) is 3. The van der Waals surface area contributed by atoms with Crippen molar-refractivity contribution in [1.29, 1.82) is 0 Å². The summed E-state index contributed by atoms with van der Waals surface area (Å²) < 4.78 is 23.9. The molecule has 2 rings (SSSR count). The molecule has 21 heavy (non-hydrogen) atoms. The Balaban J connectivity index is 1.93. The third-order valence-electron chi connectivity index (χ3n) is 2.45. The number of halogens is 1. The summed E-state index contributed by atoms with van der Waals surface area (Å²) in [7, 11) is -3.66. The van der Waals surface area contributed by atoms with Crippen LogP contribution in [0.4, 0.5) is 5.69 Å². The summed E-state index contributed by atoms with van der Waals surface area (Å²) >= 11 is 10.8. The van der Waals surface area contributed by atoms with Gasteiger partial charge in [0.1, 0.15) is 0 Å². The van der Waals surface area contributed by atoms with E-state index in [1.165, 1.54) is 12.1 Å². The van der Waals surface area contributed by atoms with Gasteiger partial charge >= 0.3 is 0 Å². The Kier molecular flexibility index (Phi) is 5.13. The van der Waals surface area contributed by atoms with Crippen LogP contribution in [0.2, 0.25) is 5.02 Å². The molecule has 3 N–H and O–H groups in total. The molecule has 5 nitrogen and oxygen atoms in total. The summed E-state index contributed by atoms with van der Waals surface area (Å²) in [4.78, 5) is 2.34. The van der Waals surface area contributed by atoms with Crippen molar-refractivity contribution in [2.45, 2.75) is 4.90 Å². The van der Waals surface area contributed by atoms with Gasteiger partial charge in [0.2, 0.25) is 0 Å². The number of anilines is 1. The Labute approximate surface area is 133 Å². The van der Waals surface area contributed by atoms with Crippen molar-refractivity contribution in [1.82, 2.24) is 10.3 Å². The maximum atomic E-state index is 12.0. The smallest absolute Gasteiger partial charge is 0.257 e. The van der Waals surface area contributed by atoms with E-state index in [4.69, 9.17) is 23.8 Å². The average molecular weight is 342 g/mol. The van der Waals surface area contributed by atoms with Crippen LogP contribution in [0.5, 0.6) is 0 Å². The maximum Gasteiger partial charge on any atom is 0.257 e. The third kappa shape index (κ3) is 4.68. The molecule has 0 aliphatic carbocycles. The molecule has 0 saturated carbocycles. The van der Waals surface area contributed by atoms with Crippen LogP contribution in [-0.2, 0) is 10.0 Å². The molecular formula is C13H12ClN3O2S2. The number of hydrogen-bond acceptors (Lipinski definition) is 3. The van der Waals surface area contributed by atoms with E-state index in [0.29, 0.717) is 10.7 Å². The maximum absolute atomic E-state index is 12.0. The Hall–Kier alpha value is -1.67. The lowest BCUT2D eigenvalue weighted by Gasteiger charge is -2.12. The van der Waals surface area contributed by atoms with E-state index < -0.39 is 10.0 Å². The van der Waals surface area contributed by atoms with E-state index >= 15 is 0 Å². The fraction of sp³-hybridized carbons (Fsp3) is 0. The largest absolute Gasteiger partial charge is 0.332 e. The minimum atomic E-state index is -3.66. The van der Waals surface area contributed by atoms with E-state index in [-0.39, 0.29) is 10.0 Å². The zero-order valence-corrected chi connectivity index (χ0v) is 13.1. The van der Waals surface area contributed by atoms with Crippen LogP contribution in [0.15, 0.2) is 59.5 Å². The molecule has 0 spiro atoms. The fourth-order valence-corrected chi connectivity index (χ4v) is 2.70. The lowest BCUT2D eigenvalue weighted by atomic mass is 10.3. The second kappa shape index (κ2) is 6.86. The first-order chi connectivity index (χ1) is 9.97. The molecule has 110 valence electrons. The topological polar surface area (TPSA) is 70.2 Å². The number of nitrogens with one attached hydrogen (secondary N) is 3. The van der Waals surface area contributed by atoms with Gasteiger partial charge in [-0.3, -0.25) is 5.43 Å². The Morgan fingerprint density at radius 3 is 2.24 bits per heavy atom. The third-order valence-corrected chi connectivity index (χ3v) is 4.17. The minimum absolute atomic E-state index is 0.122. The normalized spacial score (nSPS) is 10.9. The molecule has 2 aromatic rings. The Morgan fingerprint density at radius 2 is 1.62 bits per heavy atom. The Morgan fingerprint density at radius 1 is 1.00 bits per heavy atom. The predicted octanol–water partition coefficient (Wildman–Crippen LogP) is 2.52. The standard InChI is InChI=1S/C13H12ClN3O2S2/c14-10-6-8-11(9-7-10)15-13(20)16-17-21(18,19)12-4-2-1-3-5-12/h1-9,17H,(H2,15,16,20). The van der Waals surface area contributed by atoms with Crippen molar-refractivity contribution in [3.63, 3.8) is 0 Å². The lowest BCUT2D eigenvalue weighted by Crippen LogP contribution is -2.43. The quantitative estimate of drug-likeness (QED) is 0.589. The van der Waals surface area contributed by atoms with Crippen LogP contribution in [0.25, 0.3) is 0 Å². The van der Waals surface area contributed by atoms with Gasteiger partial charge in [-0.2, -0.15) is 0 Å². The van der Waals surface area contributed by atoms with Gasteiger partial charge in [0.25, 0.3) is 10.0 Å². The summed E-state index contributed by atoms with van der Waals surface area (Å²) in [6, 6.07) is 14.8.